The van der Waals surface area contributed by atoms with Crippen LogP contribution >= 0.6 is 0 Å². The van der Waals surface area contributed by atoms with Gasteiger partial charge in [-0.2, -0.15) is 0 Å². The van der Waals surface area contributed by atoms with E-state index in [-0.39, 0.29) is 17.4 Å². The van der Waals surface area contributed by atoms with Crippen LogP contribution in [0.2, 0.25) is 0 Å². The van der Waals surface area contributed by atoms with Crippen molar-refractivity contribution in [2.45, 2.75) is 4.90 Å². The molecule has 0 saturated heterocycles. The number of nitrogens with two attached hydrogens (primary N) is 1. The average molecular weight is 288 g/mol. The second-order valence-electron chi connectivity index (χ2n) is 3.71. The molecule has 0 spiro atoms. The van der Waals surface area contributed by atoms with E-state index in [9.17, 15) is 8.42 Å². The van der Waals surface area contributed by atoms with Crippen LogP contribution in [-0.2, 0) is 10.0 Å². The SMILES string of the molecule is NCC#Cc1ccc(S(=O)(=O)Nc2ncccn2)cc1. The minimum atomic E-state index is -3.70. The first-order valence-corrected chi connectivity index (χ1v) is 7.19. The summed E-state index contributed by atoms with van der Waals surface area (Å²) in [6.07, 6.45) is 2.91. The summed E-state index contributed by atoms with van der Waals surface area (Å²) in [5, 5.41) is 0. The molecule has 3 N–H and O–H groups in total. The maximum absolute atomic E-state index is 12.1. The van der Waals surface area contributed by atoms with Crippen LogP contribution in [0, 0.1) is 11.8 Å². The van der Waals surface area contributed by atoms with Crippen LogP contribution in [0.5, 0.6) is 0 Å². The largest absolute Gasteiger partial charge is 0.320 e. The third-order valence-electron chi connectivity index (χ3n) is 2.29. The molecule has 102 valence electrons. The molecular formula is C13H12N4O2S. The van der Waals surface area contributed by atoms with Crippen LogP contribution in [0.3, 0.4) is 0 Å². The first-order chi connectivity index (χ1) is 9.62. The Morgan fingerprint density at radius 1 is 1.15 bits per heavy atom. The number of rotatable bonds is 3. The number of hydrogen-bond donors (Lipinski definition) is 2. The van der Waals surface area contributed by atoms with Crippen molar-refractivity contribution in [3.05, 3.63) is 48.3 Å². The Hall–Kier alpha value is -2.43. The predicted molar refractivity (Wildman–Crippen MR) is 75.2 cm³/mol. The fourth-order valence-corrected chi connectivity index (χ4v) is 2.36. The number of nitrogens with zero attached hydrogens (tertiary/aromatic N) is 2. The van der Waals surface area contributed by atoms with E-state index < -0.39 is 10.0 Å². The molecule has 0 atom stereocenters. The first-order valence-electron chi connectivity index (χ1n) is 5.71. The molecule has 20 heavy (non-hydrogen) atoms. The molecule has 6 nitrogen and oxygen atoms in total. The number of aromatic nitrogens is 2. The van der Waals surface area contributed by atoms with Crippen molar-refractivity contribution in [2.75, 3.05) is 11.3 Å². The summed E-state index contributed by atoms with van der Waals surface area (Å²) in [6.45, 7) is 0.257. The second kappa shape index (κ2) is 6.14. The lowest BCUT2D eigenvalue weighted by atomic mass is 10.2. The standard InChI is InChI=1S/C13H12N4O2S/c14-8-1-3-11-4-6-12(7-5-11)20(18,19)17-13-15-9-2-10-16-13/h2,4-7,9-10H,8,14H2,(H,15,16,17). The van der Waals surface area contributed by atoms with E-state index in [2.05, 4.69) is 26.5 Å². The van der Waals surface area contributed by atoms with Gasteiger partial charge in [-0.1, -0.05) is 11.8 Å². The van der Waals surface area contributed by atoms with Crippen LogP contribution in [0.25, 0.3) is 0 Å². The Kier molecular flexibility index (Phi) is 4.30. The van der Waals surface area contributed by atoms with E-state index in [1.165, 1.54) is 24.5 Å². The van der Waals surface area contributed by atoms with E-state index >= 15 is 0 Å². The molecule has 0 amide bonds. The van der Waals surface area contributed by atoms with Crippen LogP contribution in [-0.4, -0.2) is 24.9 Å². The number of anilines is 1. The molecule has 0 radical (unpaired) electrons. The quantitative estimate of drug-likeness (QED) is 0.805. The van der Waals surface area contributed by atoms with Gasteiger partial charge in [-0.15, -0.1) is 0 Å². The average Bonchev–Trinajstić information content (AvgIpc) is 2.46. The van der Waals surface area contributed by atoms with Crippen molar-refractivity contribution < 1.29 is 8.42 Å². The lowest BCUT2D eigenvalue weighted by Crippen LogP contribution is -2.14. The number of sulfonamides is 1. The van der Waals surface area contributed by atoms with Gasteiger partial charge in [0.15, 0.2) is 0 Å². The Bertz CT molecular complexity index is 731. The summed E-state index contributed by atoms with van der Waals surface area (Å²) >= 11 is 0. The summed E-state index contributed by atoms with van der Waals surface area (Å²) in [7, 11) is -3.70. The van der Waals surface area contributed by atoms with Crippen molar-refractivity contribution in [1.29, 1.82) is 0 Å². The fourth-order valence-electron chi connectivity index (χ4n) is 1.40. The van der Waals surface area contributed by atoms with E-state index in [0.717, 1.165) is 0 Å². The van der Waals surface area contributed by atoms with E-state index in [0.29, 0.717) is 5.56 Å². The number of nitrogens with one attached hydrogen (secondary N) is 1. The zero-order valence-electron chi connectivity index (χ0n) is 10.4. The molecule has 2 aromatic rings. The Morgan fingerprint density at radius 3 is 2.40 bits per heavy atom. The van der Waals surface area contributed by atoms with Gasteiger partial charge in [-0.3, -0.25) is 0 Å². The monoisotopic (exact) mass is 288 g/mol. The second-order valence-corrected chi connectivity index (χ2v) is 5.39. The Labute approximate surface area is 117 Å². The van der Waals surface area contributed by atoms with Gasteiger partial charge >= 0.3 is 0 Å². The smallest absolute Gasteiger partial charge is 0.264 e. The summed E-state index contributed by atoms with van der Waals surface area (Å²) in [4.78, 5) is 7.73. The molecule has 1 heterocycles. The normalized spacial score (nSPS) is 10.4. The maximum atomic E-state index is 12.1. The van der Waals surface area contributed by atoms with Crippen molar-refractivity contribution in [1.82, 2.24) is 9.97 Å². The highest BCUT2D eigenvalue weighted by Crippen LogP contribution is 2.13. The van der Waals surface area contributed by atoms with Crippen LogP contribution < -0.4 is 10.5 Å². The number of benzene rings is 1. The molecule has 2 rings (SSSR count). The molecule has 1 aromatic heterocycles. The topological polar surface area (TPSA) is 98.0 Å². The molecule has 0 aliphatic carbocycles. The maximum Gasteiger partial charge on any atom is 0.264 e. The van der Waals surface area contributed by atoms with E-state index in [1.807, 2.05) is 0 Å². The first kappa shape index (κ1) is 14.0. The molecule has 0 fully saturated rings. The van der Waals surface area contributed by atoms with Gasteiger partial charge in [0.05, 0.1) is 11.4 Å². The minimum absolute atomic E-state index is 0.0273. The van der Waals surface area contributed by atoms with E-state index in [1.54, 1.807) is 18.2 Å². The third-order valence-corrected chi connectivity index (χ3v) is 3.63. The summed E-state index contributed by atoms with van der Waals surface area (Å²) < 4.78 is 26.5. The Morgan fingerprint density at radius 2 is 1.80 bits per heavy atom. The molecular weight excluding hydrogens is 276 g/mol. The lowest BCUT2D eigenvalue weighted by molar-refractivity contribution is 0.601. The summed E-state index contributed by atoms with van der Waals surface area (Å²) in [6, 6.07) is 7.76. The van der Waals surface area contributed by atoms with Gasteiger partial charge in [-0.25, -0.2) is 23.1 Å². The lowest BCUT2D eigenvalue weighted by Gasteiger charge is -2.05. The van der Waals surface area contributed by atoms with Crippen molar-refractivity contribution in [3.63, 3.8) is 0 Å². The van der Waals surface area contributed by atoms with Crippen LogP contribution in [0.15, 0.2) is 47.6 Å². The molecule has 1 aromatic carbocycles. The van der Waals surface area contributed by atoms with Crippen molar-refractivity contribution >= 4 is 16.0 Å². The highest BCUT2D eigenvalue weighted by atomic mass is 32.2. The molecule has 0 unspecified atom stereocenters. The molecule has 0 aliphatic rings. The Balaban J connectivity index is 2.22. The predicted octanol–water partition coefficient (Wildman–Crippen LogP) is 0.588. The molecule has 7 heteroatoms. The van der Waals surface area contributed by atoms with Gasteiger partial charge in [0, 0.05) is 18.0 Å². The van der Waals surface area contributed by atoms with Gasteiger partial charge in [0.2, 0.25) is 5.95 Å². The third kappa shape index (κ3) is 3.54. The fraction of sp³-hybridized carbons (Fsp3) is 0.0769. The van der Waals surface area contributed by atoms with Crippen molar-refractivity contribution in [3.8, 4) is 11.8 Å². The van der Waals surface area contributed by atoms with Crippen LogP contribution in [0.4, 0.5) is 5.95 Å². The van der Waals surface area contributed by atoms with Crippen LogP contribution in [0.1, 0.15) is 5.56 Å². The van der Waals surface area contributed by atoms with Crippen molar-refractivity contribution in [2.24, 2.45) is 5.73 Å². The minimum Gasteiger partial charge on any atom is -0.320 e. The summed E-state index contributed by atoms with van der Waals surface area (Å²) in [5.41, 5.74) is 5.97. The summed E-state index contributed by atoms with van der Waals surface area (Å²) in [5.74, 6) is 5.54. The van der Waals surface area contributed by atoms with Gasteiger partial charge in [0.1, 0.15) is 0 Å². The van der Waals surface area contributed by atoms with E-state index in [4.69, 9.17) is 5.73 Å². The number of hydrogen-bond acceptors (Lipinski definition) is 5. The van der Waals surface area contributed by atoms with Gasteiger partial charge in [-0.05, 0) is 30.3 Å². The highest BCUT2D eigenvalue weighted by molar-refractivity contribution is 7.92. The molecule has 0 bridgehead atoms. The zero-order valence-corrected chi connectivity index (χ0v) is 11.3. The molecule has 0 saturated carbocycles. The van der Waals surface area contributed by atoms with Gasteiger partial charge < -0.3 is 5.73 Å². The van der Waals surface area contributed by atoms with Gasteiger partial charge in [0.25, 0.3) is 10.0 Å². The molecule has 0 aliphatic heterocycles. The highest BCUT2D eigenvalue weighted by Gasteiger charge is 2.14. The zero-order chi connectivity index (χ0) is 14.4.